The number of hydrazone groups is 1. The van der Waals surface area contributed by atoms with Crippen molar-refractivity contribution < 1.29 is 9.85 Å². The molecule has 0 saturated carbocycles. The zero-order valence-corrected chi connectivity index (χ0v) is 16.8. The van der Waals surface area contributed by atoms with Crippen LogP contribution in [0, 0.1) is 27.2 Å². The Kier molecular flexibility index (Phi) is 5.45. The van der Waals surface area contributed by atoms with Gasteiger partial charge in [0.25, 0.3) is 5.69 Å². The van der Waals surface area contributed by atoms with Crippen LogP contribution in [0.25, 0.3) is 11.5 Å². The van der Waals surface area contributed by atoms with Crippen molar-refractivity contribution in [3.8, 4) is 11.5 Å². The molecule has 0 atom stereocenters. The molecule has 0 unspecified atom stereocenters. The molecule has 2 heterocycles. The molecule has 0 radical (unpaired) electrons. The predicted octanol–water partition coefficient (Wildman–Crippen LogP) is 4.23. The van der Waals surface area contributed by atoms with Gasteiger partial charge in [-0.05, 0) is 37.3 Å². The summed E-state index contributed by atoms with van der Waals surface area (Å²) in [6.07, 6.45) is 5.27. The summed E-state index contributed by atoms with van der Waals surface area (Å²) in [6, 6.07) is 16.7. The Bertz CT molecular complexity index is 1310. The molecule has 0 aliphatic rings. The second kappa shape index (κ2) is 8.52. The quantitative estimate of drug-likeness (QED) is 0.264. The van der Waals surface area contributed by atoms with Gasteiger partial charge in [-0.2, -0.15) is 10.2 Å². The molecule has 0 saturated heterocycles. The summed E-state index contributed by atoms with van der Waals surface area (Å²) >= 11 is 0. The van der Waals surface area contributed by atoms with Crippen LogP contribution in [0.3, 0.4) is 0 Å². The maximum absolute atomic E-state index is 11.3. The van der Waals surface area contributed by atoms with Crippen molar-refractivity contribution in [3.05, 3.63) is 105 Å². The Morgan fingerprint density at radius 1 is 1.00 bits per heavy atom. The largest absolute Gasteiger partial charge is 0.308 e. The SMILES string of the molecule is Cc1nn(-c2ccccc2)c(-n2cccc2)c1/C=N/Nc1ccc([N+](=O)[O-])cc1[N+](=O)[O-]. The third-order valence-corrected chi connectivity index (χ3v) is 4.70. The number of benzene rings is 2. The van der Waals surface area contributed by atoms with Crippen molar-refractivity contribution in [3.63, 3.8) is 0 Å². The minimum atomic E-state index is -0.700. The Labute approximate surface area is 181 Å². The highest BCUT2D eigenvalue weighted by Crippen LogP contribution is 2.29. The lowest BCUT2D eigenvalue weighted by Gasteiger charge is -2.09. The van der Waals surface area contributed by atoms with Gasteiger partial charge < -0.3 is 4.57 Å². The van der Waals surface area contributed by atoms with Crippen molar-refractivity contribution in [2.45, 2.75) is 6.92 Å². The Morgan fingerprint density at radius 2 is 1.72 bits per heavy atom. The number of nitrogens with zero attached hydrogens (tertiary/aromatic N) is 6. The molecule has 160 valence electrons. The molecule has 0 aliphatic heterocycles. The fourth-order valence-corrected chi connectivity index (χ4v) is 3.20. The number of nitrogens with one attached hydrogen (secondary N) is 1. The maximum Gasteiger partial charge on any atom is 0.301 e. The second-order valence-electron chi connectivity index (χ2n) is 6.75. The van der Waals surface area contributed by atoms with Crippen molar-refractivity contribution in [1.82, 2.24) is 14.3 Å². The Balaban J connectivity index is 1.72. The van der Waals surface area contributed by atoms with Gasteiger partial charge in [-0.3, -0.25) is 25.7 Å². The minimum Gasteiger partial charge on any atom is -0.308 e. The van der Waals surface area contributed by atoms with E-state index < -0.39 is 15.5 Å². The number of nitro groups is 2. The average molecular weight is 431 g/mol. The summed E-state index contributed by atoms with van der Waals surface area (Å²) in [7, 11) is 0. The van der Waals surface area contributed by atoms with E-state index >= 15 is 0 Å². The molecular weight excluding hydrogens is 414 g/mol. The zero-order valence-electron chi connectivity index (χ0n) is 16.8. The highest BCUT2D eigenvalue weighted by molar-refractivity contribution is 5.86. The first-order valence-electron chi connectivity index (χ1n) is 9.46. The number of aryl methyl sites for hydroxylation is 1. The summed E-state index contributed by atoms with van der Waals surface area (Å²) in [5, 5.41) is 31.0. The standard InChI is InChI=1S/C21H17N7O4/c1-15-18(14-22-23-19-10-9-17(27(29)30)13-20(19)28(31)32)21(25-11-5-6-12-25)26(24-15)16-7-3-2-4-8-16/h2-14,23H,1H3/b22-14+. The number of hydrogen-bond donors (Lipinski definition) is 1. The van der Waals surface area contributed by atoms with Crippen LogP contribution in [0.2, 0.25) is 0 Å². The first kappa shape index (κ1) is 20.5. The van der Waals surface area contributed by atoms with Crippen LogP contribution in [0.4, 0.5) is 17.1 Å². The van der Waals surface area contributed by atoms with Gasteiger partial charge in [0, 0.05) is 18.5 Å². The lowest BCUT2D eigenvalue weighted by molar-refractivity contribution is -0.393. The molecule has 11 heteroatoms. The molecule has 2 aromatic carbocycles. The van der Waals surface area contributed by atoms with Crippen LogP contribution in [-0.4, -0.2) is 30.4 Å². The molecular formula is C21H17N7O4. The molecule has 4 aromatic rings. The molecule has 0 aliphatic carbocycles. The highest BCUT2D eigenvalue weighted by Gasteiger charge is 2.20. The molecule has 0 spiro atoms. The van der Waals surface area contributed by atoms with Gasteiger partial charge in [0.15, 0.2) is 0 Å². The average Bonchev–Trinajstić information content (AvgIpc) is 3.42. The van der Waals surface area contributed by atoms with Crippen LogP contribution >= 0.6 is 0 Å². The molecule has 4 rings (SSSR count). The van der Waals surface area contributed by atoms with Gasteiger partial charge in [-0.25, -0.2) is 4.68 Å². The van der Waals surface area contributed by atoms with Gasteiger partial charge in [0.05, 0.1) is 39.1 Å². The van der Waals surface area contributed by atoms with E-state index in [1.165, 1.54) is 18.3 Å². The lowest BCUT2D eigenvalue weighted by Crippen LogP contribution is -2.06. The van der Waals surface area contributed by atoms with E-state index in [9.17, 15) is 20.2 Å². The number of anilines is 1. The minimum absolute atomic E-state index is 0.0347. The fourth-order valence-electron chi connectivity index (χ4n) is 3.20. The molecule has 11 nitrogen and oxygen atoms in total. The van der Waals surface area contributed by atoms with E-state index in [0.717, 1.165) is 17.6 Å². The van der Waals surface area contributed by atoms with Gasteiger partial charge in [-0.15, -0.1) is 0 Å². The van der Waals surface area contributed by atoms with Crippen LogP contribution in [0.1, 0.15) is 11.3 Å². The highest BCUT2D eigenvalue weighted by atomic mass is 16.6. The van der Waals surface area contributed by atoms with Crippen LogP contribution in [0.15, 0.2) is 78.2 Å². The number of hydrogen-bond acceptors (Lipinski definition) is 7. The first-order chi connectivity index (χ1) is 15.5. The summed E-state index contributed by atoms with van der Waals surface area (Å²) in [6.45, 7) is 1.84. The van der Waals surface area contributed by atoms with E-state index in [-0.39, 0.29) is 11.4 Å². The van der Waals surface area contributed by atoms with Gasteiger partial charge >= 0.3 is 5.69 Å². The fraction of sp³-hybridized carbons (Fsp3) is 0.0476. The van der Waals surface area contributed by atoms with E-state index in [1.54, 1.807) is 4.68 Å². The second-order valence-corrected chi connectivity index (χ2v) is 6.75. The Hall–Kier alpha value is -4.80. The van der Waals surface area contributed by atoms with Crippen LogP contribution in [0.5, 0.6) is 0 Å². The third-order valence-electron chi connectivity index (χ3n) is 4.70. The number of rotatable bonds is 7. The van der Waals surface area contributed by atoms with Crippen molar-refractivity contribution in [2.75, 3.05) is 5.43 Å². The van der Waals surface area contributed by atoms with Crippen molar-refractivity contribution in [2.24, 2.45) is 5.10 Å². The normalized spacial score (nSPS) is 11.0. The maximum atomic E-state index is 11.3. The third kappa shape index (κ3) is 3.94. The van der Waals surface area contributed by atoms with Crippen LogP contribution < -0.4 is 5.43 Å². The number of para-hydroxylation sites is 1. The monoisotopic (exact) mass is 431 g/mol. The molecule has 0 bridgehead atoms. The summed E-state index contributed by atoms with van der Waals surface area (Å²) in [5.74, 6) is 0.738. The summed E-state index contributed by atoms with van der Waals surface area (Å²) in [4.78, 5) is 20.9. The van der Waals surface area contributed by atoms with Gasteiger partial charge in [-0.1, -0.05) is 18.2 Å². The molecule has 0 amide bonds. The first-order valence-corrected chi connectivity index (χ1v) is 9.46. The summed E-state index contributed by atoms with van der Waals surface area (Å²) in [5.41, 5.74) is 4.08. The van der Waals surface area contributed by atoms with Crippen molar-refractivity contribution >= 4 is 23.3 Å². The summed E-state index contributed by atoms with van der Waals surface area (Å²) < 4.78 is 3.67. The van der Waals surface area contributed by atoms with Crippen molar-refractivity contribution in [1.29, 1.82) is 0 Å². The van der Waals surface area contributed by atoms with E-state index in [0.29, 0.717) is 11.3 Å². The molecule has 1 N–H and O–H groups in total. The molecule has 32 heavy (non-hydrogen) atoms. The molecule has 2 aromatic heterocycles. The predicted molar refractivity (Wildman–Crippen MR) is 119 cm³/mol. The van der Waals surface area contributed by atoms with Crippen LogP contribution in [-0.2, 0) is 0 Å². The van der Waals surface area contributed by atoms with Gasteiger partial charge in [0.2, 0.25) is 0 Å². The smallest absolute Gasteiger partial charge is 0.301 e. The zero-order chi connectivity index (χ0) is 22.7. The number of nitro benzene ring substituents is 2. The number of non-ortho nitro benzene ring substituents is 1. The lowest BCUT2D eigenvalue weighted by atomic mass is 10.2. The number of aromatic nitrogens is 3. The van der Waals surface area contributed by atoms with E-state index in [1.807, 2.05) is 66.3 Å². The van der Waals surface area contributed by atoms with Gasteiger partial charge in [0.1, 0.15) is 11.5 Å². The van der Waals surface area contributed by atoms with E-state index in [2.05, 4.69) is 15.6 Å². The molecule has 0 fully saturated rings. The topological polar surface area (TPSA) is 133 Å². The Morgan fingerprint density at radius 3 is 2.38 bits per heavy atom. The van der Waals surface area contributed by atoms with E-state index in [4.69, 9.17) is 0 Å².